The molecule has 1 aliphatic rings. The minimum absolute atomic E-state index is 0.0946. The number of benzene rings is 2. The highest BCUT2D eigenvalue weighted by molar-refractivity contribution is 5.84. The first-order chi connectivity index (χ1) is 15.7. The molecule has 33 heavy (non-hydrogen) atoms. The van der Waals surface area contributed by atoms with E-state index in [0.717, 1.165) is 10.9 Å². The lowest BCUT2D eigenvalue weighted by atomic mass is 10.0. The highest BCUT2D eigenvalue weighted by Gasteiger charge is 2.42. The molecule has 2 N–H and O–H groups in total. The summed E-state index contributed by atoms with van der Waals surface area (Å²) in [4.78, 5) is 32.8. The second-order valence-corrected chi connectivity index (χ2v) is 6.97. The normalized spacial score (nSPS) is 17.5. The summed E-state index contributed by atoms with van der Waals surface area (Å²) in [6.45, 7) is 0. The number of hydrogen-bond acceptors (Lipinski definition) is 10. The first kappa shape index (κ1) is 21.3. The van der Waals surface area contributed by atoms with E-state index >= 15 is 0 Å². The van der Waals surface area contributed by atoms with Crippen LogP contribution in [0.15, 0.2) is 60.7 Å². The zero-order valence-corrected chi connectivity index (χ0v) is 16.5. The number of non-ortho nitro benzene ring substituents is 2. The van der Waals surface area contributed by atoms with Crippen molar-refractivity contribution in [3.63, 3.8) is 0 Å². The molecule has 168 valence electrons. The third-order valence-electron chi connectivity index (χ3n) is 4.94. The Labute approximate surface area is 183 Å². The Bertz CT molecular complexity index is 1350. The minimum atomic E-state index is -1.75. The lowest BCUT2D eigenvalue weighted by Gasteiger charge is -2.25. The van der Waals surface area contributed by atoms with Gasteiger partial charge in [-0.1, -0.05) is 18.2 Å². The van der Waals surface area contributed by atoms with Crippen molar-refractivity contribution >= 4 is 33.8 Å². The number of anilines is 1. The van der Waals surface area contributed by atoms with Crippen LogP contribution >= 0.6 is 0 Å². The van der Waals surface area contributed by atoms with Crippen molar-refractivity contribution in [3.05, 3.63) is 96.2 Å². The van der Waals surface area contributed by atoms with Gasteiger partial charge in [0, 0.05) is 16.7 Å². The Morgan fingerprint density at radius 2 is 1.79 bits per heavy atom. The minimum Gasteiger partial charge on any atom is -0.692 e. The van der Waals surface area contributed by atoms with Crippen LogP contribution in [0.5, 0.6) is 0 Å². The number of rotatable bonds is 7. The molecule has 15 heteroatoms. The number of nitro groups is 3. The van der Waals surface area contributed by atoms with Crippen LogP contribution in [-0.2, 0) is 0 Å². The Morgan fingerprint density at radius 3 is 2.36 bits per heavy atom. The van der Waals surface area contributed by atoms with Crippen LogP contribution in [0.1, 0.15) is 6.42 Å². The van der Waals surface area contributed by atoms with Gasteiger partial charge in [-0.25, -0.2) is 0 Å². The van der Waals surface area contributed by atoms with Gasteiger partial charge in [-0.3, -0.25) is 30.3 Å². The van der Waals surface area contributed by atoms with Gasteiger partial charge in [-0.05, 0) is 29.1 Å². The highest BCUT2D eigenvalue weighted by Crippen LogP contribution is 2.29. The quantitative estimate of drug-likeness (QED) is 0.175. The van der Waals surface area contributed by atoms with Crippen LogP contribution in [0.4, 0.5) is 17.1 Å². The van der Waals surface area contributed by atoms with Gasteiger partial charge in [-0.15, -0.1) is 4.85 Å². The topological polar surface area (TPSA) is 198 Å². The summed E-state index contributed by atoms with van der Waals surface area (Å²) in [6.07, 6.45) is 3.61. The first-order valence-corrected chi connectivity index (χ1v) is 9.30. The van der Waals surface area contributed by atoms with Crippen LogP contribution in [0, 0.1) is 35.6 Å². The number of nitrogens with zero attached hydrogens (tertiary/aromatic N) is 6. The van der Waals surface area contributed by atoms with Crippen LogP contribution in [0.3, 0.4) is 0 Å². The molecule has 0 aliphatic heterocycles. The first-order valence-electron chi connectivity index (χ1n) is 9.30. The standard InChI is InChI=1S/C18H14N8O7/c27-23-15-10-14(24(28)29)11-16(25(30)31)17(15)20-22(23)13-6-8-18(9-7-13,26(32)33)21-19-12-4-2-1-3-5-12/h1-8,10-11,19,21H,9H2. The summed E-state index contributed by atoms with van der Waals surface area (Å²) in [7, 11) is 0. The van der Waals surface area contributed by atoms with Gasteiger partial charge < -0.3 is 10.6 Å². The van der Waals surface area contributed by atoms with Crippen LogP contribution < -0.4 is 15.7 Å². The summed E-state index contributed by atoms with van der Waals surface area (Å²) < 4.78 is 0. The number of allylic oxidation sites excluding steroid dienone is 2. The van der Waals surface area contributed by atoms with E-state index in [0.29, 0.717) is 11.8 Å². The van der Waals surface area contributed by atoms with E-state index < -0.39 is 31.8 Å². The molecule has 2 aromatic carbocycles. The number of fused-ring (bicyclic) bond motifs is 1. The van der Waals surface area contributed by atoms with Crippen molar-refractivity contribution in [1.82, 2.24) is 15.3 Å². The molecule has 1 heterocycles. The molecule has 0 fully saturated rings. The zero-order chi connectivity index (χ0) is 23.8. The van der Waals surface area contributed by atoms with Crippen molar-refractivity contribution < 1.29 is 19.6 Å². The lowest BCUT2D eigenvalue weighted by molar-refractivity contribution is -0.663. The fourth-order valence-electron chi connectivity index (χ4n) is 3.23. The number of aromatic nitrogens is 3. The number of hydrogen-bond donors (Lipinski definition) is 2. The van der Waals surface area contributed by atoms with Crippen molar-refractivity contribution in [2.45, 2.75) is 12.1 Å². The van der Waals surface area contributed by atoms with Gasteiger partial charge in [0.1, 0.15) is 5.70 Å². The summed E-state index contributed by atoms with van der Waals surface area (Å²) in [5.41, 5.74) is 2.25. The van der Waals surface area contributed by atoms with Gasteiger partial charge in [0.05, 0.1) is 33.5 Å². The molecular formula is C18H14N8O7. The van der Waals surface area contributed by atoms with Crippen molar-refractivity contribution in [1.29, 1.82) is 0 Å². The fourth-order valence-corrected chi connectivity index (χ4v) is 3.23. The molecule has 0 saturated heterocycles. The molecular weight excluding hydrogens is 440 g/mol. The molecule has 15 nitrogen and oxygen atoms in total. The van der Waals surface area contributed by atoms with E-state index in [1.807, 2.05) is 0 Å². The molecule has 0 saturated carbocycles. The Balaban J connectivity index is 1.68. The fraction of sp³-hybridized carbons (Fsp3) is 0.111. The van der Waals surface area contributed by atoms with E-state index in [2.05, 4.69) is 16.0 Å². The van der Waals surface area contributed by atoms with Crippen LogP contribution in [0.2, 0.25) is 0 Å². The summed E-state index contributed by atoms with van der Waals surface area (Å²) in [6, 6.07) is 10.3. The Hall–Kier alpha value is -4.92. The van der Waals surface area contributed by atoms with Crippen molar-refractivity contribution in [2.75, 3.05) is 5.43 Å². The SMILES string of the molecule is O=[N+]([O-])c1cc([N+](=O)[O-])c2nn(C3=CCC(NNc4ccccc4)([N+](=O)[O-])C=C3)[n+]([O-])c2c1. The van der Waals surface area contributed by atoms with E-state index in [9.17, 15) is 35.6 Å². The number of nitro benzene ring substituents is 2. The maximum absolute atomic E-state index is 12.7. The van der Waals surface area contributed by atoms with E-state index in [-0.39, 0.29) is 28.0 Å². The van der Waals surface area contributed by atoms with E-state index in [1.165, 1.54) is 18.2 Å². The number of nitrogens with one attached hydrogen (secondary N) is 2. The van der Waals surface area contributed by atoms with Gasteiger partial charge in [0.25, 0.3) is 5.69 Å². The van der Waals surface area contributed by atoms with Gasteiger partial charge in [0.2, 0.25) is 5.52 Å². The van der Waals surface area contributed by atoms with Gasteiger partial charge in [0.15, 0.2) is 0 Å². The Morgan fingerprint density at radius 1 is 1.06 bits per heavy atom. The molecule has 0 radical (unpaired) electrons. The molecule has 1 aromatic heterocycles. The van der Waals surface area contributed by atoms with Crippen LogP contribution in [-0.4, -0.2) is 30.3 Å². The van der Waals surface area contributed by atoms with Crippen molar-refractivity contribution in [3.8, 4) is 0 Å². The molecule has 1 atom stereocenters. The highest BCUT2D eigenvalue weighted by atomic mass is 16.6. The van der Waals surface area contributed by atoms with Crippen molar-refractivity contribution in [2.24, 2.45) is 0 Å². The van der Waals surface area contributed by atoms with Gasteiger partial charge in [-0.2, -0.15) is 5.43 Å². The summed E-state index contributed by atoms with van der Waals surface area (Å²) >= 11 is 0. The van der Waals surface area contributed by atoms with E-state index in [4.69, 9.17) is 0 Å². The second kappa shape index (κ2) is 7.97. The predicted molar refractivity (Wildman–Crippen MR) is 113 cm³/mol. The lowest BCUT2D eigenvalue weighted by Crippen LogP contribution is -2.53. The predicted octanol–water partition coefficient (Wildman–Crippen LogP) is 1.88. The molecule has 0 amide bonds. The van der Waals surface area contributed by atoms with Crippen LogP contribution in [0.25, 0.3) is 16.7 Å². The molecule has 0 bridgehead atoms. The summed E-state index contributed by atoms with van der Waals surface area (Å²) in [5.74, 6) is 0. The Kier molecular flexibility index (Phi) is 5.15. The van der Waals surface area contributed by atoms with Gasteiger partial charge >= 0.3 is 16.9 Å². The maximum atomic E-state index is 12.7. The maximum Gasteiger partial charge on any atom is 0.334 e. The molecule has 3 aromatic rings. The molecule has 1 unspecified atom stereocenters. The third-order valence-corrected chi connectivity index (χ3v) is 4.94. The average molecular weight is 454 g/mol. The zero-order valence-electron chi connectivity index (χ0n) is 16.5. The average Bonchev–Trinajstić information content (AvgIpc) is 3.14. The molecule has 0 spiro atoms. The monoisotopic (exact) mass is 454 g/mol. The molecule has 4 rings (SSSR count). The van der Waals surface area contributed by atoms with E-state index in [1.54, 1.807) is 30.3 Å². The second-order valence-electron chi connectivity index (χ2n) is 6.97. The number of para-hydroxylation sites is 1. The third kappa shape index (κ3) is 3.79. The number of hydrazine groups is 1. The summed E-state index contributed by atoms with van der Waals surface area (Å²) in [5, 5.41) is 50.8. The largest absolute Gasteiger partial charge is 0.692 e. The smallest absolute Gasteiger partial charge is 0.334 e. The molecule has 1 aliphatic carbocycles.